The molecule has 2 rings (SSSR count). The zero-order chi connectivity index (χ0) is 14.0. The minimum atomic E-state index is -0.462. The number of hydrogen-bond donors (Lipinski definition) is 3. The first kappa shape index (κ1) is 13.5. The van der Waals surface area contributed by atoms with Gasteiger partial charge in [-0.1, -0.05) is 6.92 Å². The number of nitro groups is 1. The Bertz CT molecular complexity index is 492. The van der Waals surface area contributed by atoms with Crippen molar-refractivity contribution in [1.82, 2.24) is 9.97 Å². The number of nitrogens with one attached hydrogen (secondary N) is 2. The van der Waals surface area contributed by atoms with Gasteiger partial charge in [0, 0.05) is 6.04 Å². The largest absolute Gasteiger partial charge is 0.361 e. The highest BCUT2D eigenvalue weighted by Crippen LogP contribution is 2.31. The average molecular weight is 266 g/mol. The maximum Gasteiger partial charge on any atom is 0.332 e. The lowest BCUT2D eigenvalue weighted by Gasteiger charge is -2.14. The van der Waals surface area contributed by atoms with Crippen LogP contribution in [0.25, 0.3) is 0 Å². The van der Waals surface area contributed by atoms with Gasteiger partial charge in [-0.05, 0) is 32.1 Å². The quantitative estimate of drug-likeness (QED) is 0.430. The van der Waals surface area contributed by atoms with Gasteiger partial charge in [0.05, 0.1) is 4.92 Å². The number of hydrogen-bond acceptors (Lipinski definition) is 7. The van der Waals surface area contributed by atoms with Gasteiger partial charge in [0.15, 0.2) is 0 Å². The summed E-state index contributed by atoms with van der Waals surface area (Å²) in [6, 6.07) is 0.216. The Balaban J connectivity index is 2.31. The van der Waals surface area contributed by atoms with Gasteiger partial charge in [-0.15, -0.1) is 0 Å². The third kappa shape index (κ3) is 2.90. The van der Waals surface area contributed by atoms with Crippen LogP contribution >= 0.6 is 0 Å². The monoisotopic (exact) mass is 266 g/mol. The molecule has 0 aliphatic heterocycles. The fourth-order valence-corrected chi connectivity index (χ4v) is 2.48. The van der Waals surface area contributed by atoms with Crippen molar-refractivity contribution < 1.29 is 4.92 Å². The summed E-state index contributed by atoms with van der Waals surface area (Å²) in [5.74, 6) is 6.32. The fraction of sp³-hybridized carbons (Fsp3) is 0.636. The van der Waals surface area contributed by atoms with Crippen molar-refractivity contribution in [2.24, 2.45) is 11.8 Å². The van der Waals surface area contributed by atoms with Crippen LogP contribution in [-0.2, 0) is 0 Å². The summed E-state index contributed by atoms with van der Waals surface area (Å²) in [5.41, 5.74) is 2.53. The molecule has 2 unspecified atom stereocenters. The van der Waals surface area contributed by atoms with E-state index >= 15 is 0 Å². The van der Waals surface area contributed by atoms with Crippen molar-refractivity contribution in [2.45, 2.75) is 39.2 Å². The van der Waals surface area contributed by atoms with Crippen molar-refractivity contribution in [3.05, 3.63) is 15.8 Å². The van der Waals surface area contributed by atoms with Crippen LogP contribution < -0.4 is 16.6 Å². The third-order valence-corrected chi connectivity index (χ3v) is 3.41. The smallest absolute Gasteiger partial charge is 0.332 e. The van der Waals surface area contributed by atoms with E-state index < -0.39 is 4.92 Å². The molecule has 0 amide bonds. The third-order valence-electron chi connectivity index (χ3n) is 3.41. The van der Waals surface area contributed by atoms with Gasteiger partial charge in [-0.25, -0.2) is 10.8 Å². The molecule has 104 valence electrons. The molecular weight excluding hydrogens is 248 g/mol. The number of aryl methyl sites for hydroxylation is 1. The lowest BCUT2D eigenvalue weighted by molar-refractivity contribution is -0.385. The molecular formula is C11H18N6O2. The fourth-order valence-electron chi connectivity index (χ4n) is 2.48. The summed E-state index contributed by atoms with van der Waals surface area (Å²) < 4.78 is 0. The number of nitrogens with two attached hydrogens (primary N) is 1. The first-order chi connectivity index (χ1) is 9.01. The molecule has 0 spiro atoms. The molecule has 1 aliphatic rings. The highest BCUT2D eigenvalue weighted by molar-refractivity contribution is 5.61. The number of aromatic nitrogens is 2. The maximum atomic E-state index is 11.1. The summed E-state index contributed by atoms with van der Waals surface area (Å²) in [6.45, 7) is 3.75. The minimum absolute atomic E-state index is 0.0847. The van der Waals surface area contributed by atoms with Crippen LogP contribution in [0.1, 0.15) is 31.9 Å². The van der Waals surface area contributed by atoms with Crippen LogP contribution in [0.4, 0.5) is 17.5 Å². The van der Waals surface area contributed by atoms with Crippen LogP contribution in [0.3, 0.4) is 0 Å². The molecule has 1 aromatic heterocycles. The number of nitrogens with zero attached hydrogens (tertiary/aromatic N) is 3. The molecule has 1 saturated carbocycles. The normalized spacial score (nSPS) is 22.3. The Kier molecular flexibility index (Phi) is 3.79. The predicted octanol–water partition coefficient (Wildman–Crippen LogP) is 1.58. The lowest BCUT2D eigenvalue weighted by atomic mass is 10.1. The average Bonchev–Trinajstić information content (AvgIpc) is 2.73. The van der Waals surface area contributed by atoms with Gasteiger partial charge in [0.2, 0.25) is 11.8 Å². The summed E-state index contributed by atoms with van der Waals surface area (Å²) in [5, 5.41) is 14.3. The van der Waals surface area contributed by atoms with E-state index in [0.29, 0.717) is 11.6 Å². The van der Waals surface area contributed by atoms with Crippen molar-refractivity contribution in [2.75, 3.05) is 10.7 Å². The van der Waals surface area contributed by atoms with Gasteiger partial charge in [-0.3, -0.25) is 15.5 Å². The van der Waals surface area contributed by atoms with E-state index in [1.165, 1.54) is 0 Å². The van der Waals surface area contributed by atoms with Crippen molar-refractivity contribution in [3.8, 4) is 0 Å². The molecule has 8 nitrogen and oxygen atoms in total. The Hall–Kier alpha value is -1.96. The lowest BCUT2D eigenvalue weighted by Crippen LogP contribution is -2.20. The van der Waals surface area contributed by atoms with Crippen LogP contribution in [0.15, 0.2) is 0 Å². The molecule has 1 fully saturated rings. The second-order valence-corrected chi connectivity index (χ2v) is 4.99. The summed E-state index contributed by atoms with van der Waals surface area (Å²) in [4.78, 5) is 18.6. The minimum Gasteiger partial charge on any atom is -0.361 e. The highest BCUT2D eigenvalue weighted by atomic mass is 16.6. The standard InChI is InChI=1S/C11H18N6O2/c1-6-3-4-8(5-6)14-10-9(17(18)19)7(2)13-11(15-10)16-12/h6,8H,3-5,12H2,1-2H3,(H2,13,14,15,16). The summed E-state index contributed by atoms with van der Waals surface area (Å²) >= 11 is 0. The summed E-state index contributed by atoms with van der Waals surface area (Å²) in [7, 11) is 0. The SMILES string of the molecule is Cc1nc(NN)nc(NC2CCC(C)C2)c1[N+](=O)[O-]. The Morgan fingerprint density at radius 1 is 1.42 bits per heavy atom. The molecule has 1 aliphatic carbocycles. The van der Waals surface area contributed by atoms with Crippen molar-refractivity contribution in [3.63, 3.8) is 0 Å². The molecule has 19 heavy (non-hydrogen) atoms. The van der Waals surface area contributed by atoms with Gasteiger partial charge >= 0.3 is 5.69 Å². The molecule has 0 saturated heterocycles. The first-order valence-electron chi connectivity index (χ1n) is 6.27. The molecule has 0 radical (unpaired) electrons. The van der Waals surface area contributed by atoms with Gasteiger partial charge in [0.25, 0.3) is 0 Å². The van der Waals surface area contributed by atoms with E-state index in [-0.39, 0.29) is 23.5 Å². The highest BCUT2D eigenvalue weighted by Gasteiger charge is 2.27. The van der Waals surface area contributed by atoms with Crippen LogP contribution in [-0.4, -0.2) is 20.9 Å². The van der Waals surface area contributed by atoms with E-state index in [0.717, 1.165) is 19.3 Å². The Morgan fingerprint density at radius 3 is 2.68 bits per heavy atom. The van der Waals surface area contributed by atoms with E-state index in [2.05, 4.69) is 27.6 Å². The Labute approximate surface area is 110 Å². The van der Waals surface area contributed by atoms with Crippen LogP contribution in [0, 0.1) is 23.0 Å². The molecule has 8 heteroatoms. The summed E-state index contributed by atoms with van der Waals surface area (Å²) in [6.07, 6.45) is 3.11. The zero-order valence-corrected chi connectivity index (χ0v) is 11.0. The number of nitrogen functional groups attached to an aromatic ring is 1. The van der Waals surface area contributed by atoms with E-state index in [9.17, 15) is 10.1 Å². The van der Waals surface area contributed by atoms with E-state index in [1.54, 1.807) is 6.92 Å². The molecule has 2 atom stereocenters. The predicted molar refractivity (Wildman–Crippen MR) is 71.7 cm³/mol. The first-order valence-corrected chi connectivity index (χ1v) is 6.27. The topological polar surface area (TPSA) is 119 Å². The van der Waals surface area contributed by atoms with Crippen molar-refractivity contribution in [1.29, 1.82) is 0 Å². The number of anilines is 2. The molecule has 1 aromatic rings. The zero-order valence-electron chi connectivity index (χ0n) is 11.0. The van der Waals surface area contributed by atoms with E-state index in [4.69, 9.17) is 5.84 Å². The number of rotatable bonds is 4. The Morgan fingerprint density at radius 2 is 2.16 bits per heavy atom. The van der Waals surface area contributed by atoms with Gasteiger partial charge in [-0.2, -0.15) is 4.98 Å². The van der Waals surface area contributed by atoms with Crippen molar-refractivity contribution >= 4 is 17.5 Å². The molecule has 1 heterocycles. The van der Waals surface area contributed by atoms with Crippen LogP contribution in [0.5, 0.6) is 0 Å². The maximum absolute atomic E-state index is 11.1. The van der Waals surface area contributed by atoms with Crippen LogP contribution in [0.2, 0.25) is 0 Å². The van der Waals surface area contributed by atoms with Gasteiger partial charge in [0.1, 0.15) is 5.69 Å². The van der Waals surface area contributed by atoms with Gasteiger partial charge < -0.3 is 5.32 Å². The second-order valence-electron chi connectivity index (χ2n) is 4.99. The second kappa shape index (κ2) is 5.35. The molecule has 0 bridgehead atoms. The number of hydrazine groups is 1. The molecule has 4 N–H and O–H groups in total. The van der Waals surface area contributed by atoms with E-state index in [1.807, 2.05) is 0 Å². The molecule has 0 aromatic carbocycles.